The highest BCUT2D eigenvalue weighted by atomic mass is 32.2. The van der Waals surface area contributed by atoms with E-state index in [2.05, 4.69) is 10.0 Å². The maximum Gasteiger partial charge on any atom is 0.244 e. The Kier molecular flexibility index (Phi) is 6.39. The Labute approximate surface area is 154 Å². The summed E-state index contributed by atoms with van der Waals surface area (Å²) in [6.45, 7) is 5.28. The van der Waals surface area contributed by atoms with Gasteiger partial charge in [0.25, 0.3) is 0 Å². The Morgan fingerprint density at radius 2 is 1.88 bits per heavy atom. The van der Waals surface area contributed by atoms with E-state index < -0.39 is 22.0 Å². The molecule has 2 aromatic rings. The molecule has 2 aromatic carbocycles. The third kappa shape index (κ3) is 4.62. The van der Waals surface area contributed by atoms with Crippen LogP contribution in [0.3, 0.4) is 0 Å². The smallest absolute Gasteiger partial charge is 0.244 e. The number of anilines is 1. The van der Waals surface area contributed by atoms with Crippen LogP contribution >= 0.6 is 0 Å². The molecule has 1 atom stereocenters. The Morgan fingerprint density at radius 1 is 1.19 bits per heavy atom. The number of rotatable bonds is 7. The van der Waals surface area contributed by atoms with Crippen molar-refractivity contribution in [3.63, 3.8) is 0 Å². The van der Waals surface area contributed by atoms with Gasteiger partial charge in [0, 0.05) is 5.69 Å². The van der Waals surface area contributed by atoms with Gasteiger partial charge in [0.1, 0.15) is 10.6 Å². The number of ether oxygens (including phenoxy) is 1. The van der Waals surface area contributed by atoms with E-state index in [0.29, 0.717) is 5.69 Å². The van der Waals surface area contributed by atoms with Gasteiger partial charge in [0.2, 0.25) is 15.9 Å². The van der Waals surface area contributed by atoms with Crippen LogP contribution in [0.15, 0.2) is 47.4 Å². The lowest BCUT2D eigenvalue weighted by molar-refractivity contribution is -0.117. The maximum atomic E-state index is 12.7. The Hall–Kier alpha value is -2.38. The number of aryl methyl sites for hydroxylation is 2. The average molecular weight is 376 g/mol. The topological polar surface area (TPSA) is 84.5 Å². The van der Waals surface area contributed by atoms with Crippen LogP contribution in [-0.4, -0.2) is 27.5 Å². The van der Waals surface area contributed by atoms with Gasteiger partial charge in [0.05, 0.1) is 13.2 Å². The minimum absolute atomic E-state index is 0.00797. The molecule has 0 fully saturated rings. The van der Waals surface area contributed by atoms with Crippen LogP contribution < -0.4 is 14.8 Å². The number of hydrogen-bond donors (Lipinski definition) is 2. The fraction of sp³-hybridized carbons (Fsp3) is 0.316. The standard InChI is InChI=1S/C19H24N2O4S/c1-5-15-8-6-7-9-16(15)20-19(22)14(3)21-26(23,24)18-12-13(2)10-11-17(18)25-4/h6-12,14,21H,5H2,1-4H3,(H,20,22)/t14-/m1/s1. The second kappa shape index (κ2) is 8.33. The van der Waals surface area contributed by atoms with E-state index >= 15 is 0 Å². The first kappa shape index (κ1) is 19.9. The lowest BCUT2D eigenvalue weighted by atomic mass is 10.1. The van der Waals surface area contributed by atoms with Gasteiger partial charge < -0.3 is 10.1 Å². The summed E-state index contributed by atoms with van der Waals surface area (Å²) in [6, 6.07) is 11.3. The van der Waals surface area contributed by atoms with E-state index in [-0.39, 0.29) is 10.6 Å². The Morgan fingerprint density at radius 3 is 2.54 bits per heavy atom. The minimum atomic E-state index is -3.91. The Bertz CT molecular complexity index is 894. The van der Waals surface area contributed by atoms with Crippen molar-refractivity contribution in [2.45, 2.75) is 38.1 Å². The summed E-state index contributed by atoms with van der Waals surface area (Å²) >= 11 is 0. The number of carbonyl (C=O) groups is 1. The summed E-state index contributed by atoms with van der Waals surface area (Å²) in [4.78, 5) is 12.4. The first-order chi connectivity index (χ1) is 12.3. The Balaban J connectivity index is 2.19. The highest BCUT2D eigenvalue weighted by molar-refractivity contribution is 7.89. The first-order valence-electron chi connectivity index (χ1n) is 8.34. The molecule has 26 heavy (non-hydrogen) atoms. The number of benzene rings is 2. The quantitative estimate of drug-likeness (QED) is 0.778. The number of sulfonamides is 1. The van der Waals surface area contributed by atoms with Gasteiger partial charge in [-0.1, -0.05) is 31.2 Å². The molecule has 0 radical (unpaired) electrons. The molecule has 0 aromatic heterocycles. The van der Waals surface area contributed by atoms with Crippen molar-refractivity contribution in [1.82, 2.24) is 4.72 Å². The molecule has 2 N–H and O–H groups in total. The summed E-state index contributed by atoms with van der Waals surface area (Å²) in [5.74, 6) is -0.201. The van der Waals surface area contributed by atoms with Gasteiger partial charge >= 0.3 is 0 Å². The normalized spacial score (nSPS) is 12.5. The van der Waals surface area contributed by atoms with Crippen molar-refractivity contribution < 1.29 is 17.9 Å². The van der Waals surface area contributed by atoms with Crippen molar-refractivity contribution in [3.8, 4) is 5.75 Å². The van der Waals surface area contributed by atoms with Crippen molar-refractivity contribution in [2.24, 2.45) is 0 Å². The molecule has 0 bridgehead atoms. The molecule has 0 unspecified atom stereocenters. The zero-order valence-corrected chi connectivity index (χ0v) is 16.2. The highest BCUT2D eigenvalue weighted by Gasteiger charge is 2.25. The molecule has 7 heteroatoms. The third-order valence-corrected chi connectivity index (χ3v) is 5.55. The van der Waals surface area contributed by atoms with Crippen molar-refractivity contribution in [3.05, 3.63) is 53.6 Å². The molecule has 0 saturated carbocycles. The van der Waals surface area contributed by atoms with E-state index in [1.165, 1.54) is 20.1 Å². The largest absolute Gasteiger partial charge is 0.495 e. The molecule has 0 aliphatic heterocycles. The van der Waals surface area contributed by atoms with Gasteiger partial charge in [0.15, 0.2) is 0 Å². The molecular weight excluding hydrogens is 352 g/mol. The fourth-order valence-corrected chi connectivity index (χ4v) is 3.99. The molecule has 0 spiro atoms. The summed E-state index contributed by atoms with van der Waals surface area (Å²) in [6.07, 6.45) is 0.761. The van der Waals surface area contributed by atoms with E-state index in [4.69, 9.17) is 4.74 Å². The van der Waals surface area contributed by atoms with Crippen LogP contribution in [0.25, 0.3) is 0 Å². The highest BCUT2D eigenvalue weighted by Crippen LogP contribution is 2.25. The van der Waals surface area contributed by atoms with Crippen LogP contribution in [0.1, 0.15) is 25.0 Å². The first-order valence-corrected chi connectivity index (χ1v) is 9.82. The molecule has 2 rings (SSSR count). The third-order valence-electron chi connectivity index (χ3n) is 3.99. The molecule has 140 valence electrons. The van der Waals surface area contributed by atoms with E-state index in [1.807, 2.05) is 25.1 Å². The number of amides is 1. The second-order valence-corrected chi connectivity index (χ2v) is 7.68. The fourth-order valence-electron chi connectivity index (χ4n) is 2.54. The van der Waals surface area contributed by atoms with Gasteiger partial charge in [-0.3, -0.25) is 4.79 Å². The molecule has 6 nitrogen and oxygen atoms in total. The number of para-hydroxylation sites is 1. The van der Waals surface area contributed by atoms with Gasteiger partial charge in [-0.25, -0.2) is 8.42 Å². The van der Waals surface area contributed by atoms with Crippen molar-refractivity contribution in [1.29, 1.82) is 0 Å². The van der Waals surface area contributed by atoms with Crippen LogP contribution in [0.4, 0.5) is 5.69 Å². The van der Waals surface area contributed by atoms with Crippen molar-refractivity contribution in [2.75, 3.05) is 12.4 Å². The van der Waals surface area contributed by atoms with E-state index in [0.717, 1.165) is 17.5 Å². The summed E-state index contributed by atoms with van der Waals surface area (Å²) in [5.41, 5.74) is 2.44. The van der Waals surface area contributed by atoms with Crippen LogP contribution in [-0.2, 0) is 21.2 Å². The minimum Gasteiger partial charge on any atom is -0.495 e. The predicted molar refractivity (Wildman–Crippen MR) is 102 cm³/mol. The number of hydrogen-bond acceptors (Lipinski definition) is 4. The number of methoxy groups -OCH3 is 1. The van der Waals surface area contributed by atoms with E-state index in [9.17, 15) is 13.2 Å². The van der Waals surface area contributed by atoms with Gasteiger partial charge in [-0.15, -0.1) is 0 Å². The van der Waals surface area contributed by atoms with Gasteiger partial charge in [-0.2, -0.15) is 4.72 Å². The van der Waals surface area contributed by atoms with Crippen LogP contribution in [0.5, 0.6) is 5.75 Å². The predicted octanol–water partition coefficient (Wildman–Crippen LogP) is 2.87. The maximum absolute atomic E-state index is 12.7. The number of carbonyl (C=O) groups excluding carboxylic acids is 1. The summed E-state index contributed by atoms with van der Waals surface area (Å²) in [5, 5.41) is 2.78. The van der Waals surface area contributed by atoms with E-state index in [1.54, 1.807) is 25.1 Å². The molecular formula is C19H24N2O4S. The molecule has 1 amide bonds. The average Bonchev–Trinajstić information content (AvgIpc) is 2.61. The molecule has 0 saturated heterocycles. The monoisotopic (exact) mass is 376 g/mol. The van der Waals surface area contributed by atoms with Crippen molar-refractivity contribution >= 4 is 21.6 Å². The lowest BCUT2D eigenvalue weighted by Gasteiger charge is -2.17. The van der Waals surface area contributed by atoms with Crippen LogP contribution in [0.2, 0.25) is 0 Å². The van der Waals surface area contributed by atoms with Crippen LogP contribution in [0, 0.1) is 6.92 Å². The zero-order chi connectivity index (χ0) is 19.3. The molecule has 0 heterocycles. The number of nitrogens with one attached hydrogen (secondary N) is 2. The molecule has 0 aliphatic carbocycles. The second-order valence-electron chi connectivity index (χ2n) is 6.00. The SMILES string of the molecule is CCc1ccccc1NC(=O)[C@@H](C)NS(=O)(=O)c1cc(C)ccc1OC. The molecule has 0 aliphatic rings. The van der Waals surface area contributed by atoms with Gasteiger partial charge in [-0.05, 0) is 49.6 Å². The zero-order valence-electron chi connectivity index (χ0n) is 15.4. The summed E-state index contributed by atoms with van der Waals surface area (Å²) in [7, 11) is -2.51. The lowest BCUT2D eigenvalue weighted by Crippen LogP contribution is -2.41. The summed E-state index contributed by atoms with van der Waals surface area (Å²) < 4.78 is 32.9.